The van der Waals surface area contributed by atoms with E-state index in [4.69, 9.17) is 16.3 Å². The van der Waals surface area contributed by atoms with Crippen molar-refractivity contribution in [3.05, 3.63) is 71.3 Å². The van der Waals surface area contributed by atoms with Crippen molar-refractivity contribution < 1.29 is 27.8 Å². The zero-order chi connectivity index (χ0) is 23.0. The maximum atomic E-state index is 13.0. The Balaban J connectivity index is 2.03. The molecule has 8 heteroatoms. The van der Waals surface area contributed by atoms with Gasteiger partial charge in [0, 0.05) is 5.92 Å². The molecule has 0 amide bonds. The average molecular weight is 450 g/mol. The van der Waals surface area contributed by atoms with Crippen LogP contribution >= 0.6 is 11.6 Å². The summed E-state index contributed by atoms with van der Waals surface area (Å²) in [5.41, 5.74) is -2.58. The Bertz CT molecular complexity index is 1060. The van der Waals surface area contributed by atoms with E-state index in [1.54, 1.807) is 42.5 Å². The third-order valence-corrected chi connectivity index (χ3v) is 6.28. The molecule has 0 aromatic heterocycles. The quantitative estimate of drug-likeness (QED) is 0.546. The van der Waals surface area contributed by atoms with Crippen molar-refractivity contribution in [2.75, 3.05) is 0 Å². The van der Waals surface area contributed by atoms with Crippen LogP contribution in [0.1, 0.15) is 25.3 Å². The van der Waals surface area contributed by atoms with Gasteiger partial charge in [-0.1, -0.05) is 61.9 Å². The van der Waals surface area contributed by atoms with Crippen LogP contribution < -0.4 is 4.74 Å². The van der Waals surface area contributed by atoms with E-state index in [0.29, 0.717) is 23.1 Å². The molecule has 0 radical (unpaired) electrons. The lowest BCUT2D eigenvalue weighted by Gasteiger charge is -2.22. The molecule has 1 fully saturated rings. The Hall–Kier alpha value is -2.98. The van der Waals surface area contributed by atoms with Crippen LogP contribution in [0.25, 0.3) is 0 Å². The van der Waals surface area contributed by atoms with E-state index >= 15 is 0 Å². The molecule has 2 aromatic rings. The maximum absolute atomic E-state index is 13.0. The fourth-order valence-corrected chi connectivity index (χ4v) is 4.45. The van der Waals surface area contributed by atoms with Crippen molar-refractivity contribution >= 4 is 17.6 Å². The lowest BCUT2D eigenvalue weighted by atomic mass is 9.78. The van der Waals surface area contributed by atoms with Gasteiger partial charge in [-0.25, -0.2) is 0 Å². The monoisotopic (exact) mass is 449 g/mol. The van der Waals surface area contributed by atoms with Gasteiger partial charge >= 0.3 is 12.1 Å². The molecule has 0 saturated heterocycles. The Morgan fingerprint density at radius 1 is 1.19 bits per heavy atom. The Morgan fingerprint density at radius 2 is 1.81 bits per heavy atom. The number of hydrogen-bond acceptors (Lipinski definition) is 3. The molecule has 1 aliphatic carbocycles. The van der Waals surface area contributed by atoms with Gasteiger partial charge in [-0.15, -0.1) is 0 Å². The van der Waals surface area contributed by atoms with E-state index in [-0.39, 0.29) is 0 Å². The van der Waals surface area contributed by atoms with E-state index in [2.05, 4.69) is 0 Å². The van der Waals surface area contributed by atoms with Gasteiger partial charge in [0.2, 0.25) is 0 Å². The van der Waals surface area contributed by atoms with Gasteiger partial charge in [-0.3, -0.25) is 4.79 Å². The molecule has 0 spiro atoms. The van der Waals surface area contributed by atoms with Gasteiger partial charge in [-0.05, 0) is 35.2 Å². The molecule has 31 heavy (non-hydrogen) atoms. The van der Waals surface area contributed by atoms with Crippen LogP contribution in [-0.2, 0) is 4.79 Å². The molecule has 0 bridgehead atoms. The minimum absolute atomic E-state index is 0.338. The number of benzene rings is 2. The number of alkyl halides is 3. The van der Waals surface area contributed by atoms with Gasteiger partial charge in [0.1, 0.15) is 21.9 Å². The molecular formula is C23H19ClF3NO3. The van der Waals surface area contributed by atoms with E-state index in [1.807, 2.05) is 12.1 Å². The minimum atomic E-state index is -4.80. The fourth-order valence-electron chi connectivity index (χ4n) is 4.32. The molecule has 3 unspecified atom stereocenters. The summed E-state index contributed by atoms with van der Waals surface area (Å²) in [4.78, 5) is 12.4. The van der Waals surface area contributed by atoms with Crippen molar-refractivity contribution in [2.24, 2.45) is 16.7 Å². The lowest BCUT2D eigenvalue weighted by molar-refractivity contribution is -0.145. The molecular weight excluding hydrogens is 431 g/mol. The summed E-state index contributed by atoms with van der Waals surface area (Å²) in [6.45, 7) is 3.05. The van der Waals surface area contributed by atoms with Crippen LogP contribution in [0.15, 0.2) is 65.7 Å². The molecule has 162 valence electrons. The maximum Gasteiger partial charge on any atom is 0.426 e. The van der Waals surface area contributed by atoms with E-state index in [0.717, 1.165) is 0 Å². The minimum Gasteiger partial charge on any atom is -0.481 e. The van der Waals surface area contributed by atoms with Gasteiger partial charge in [0.15, 0.2) is 0 Å². The summed E-state index contributed by atoms with van der Waals surface area (Å²) >= 11 is 5.40. The van der Waals surface area contributed by atoms with Gasteiger partial charge in [0.05, 0.1) is 12.0 Å². The van der Waals surface area contributed by atoms with Gasteiger partial charge in [0.25, 0.3) is 0 Å². The predicted octanol–water partition coefficient (Wildman–Crippen LogP) is 6.50. The highest BCUT2D eigenvalue weighted by atomic mass is 35.5. The van der Waals surface area contributed by atoms with Crippen LogP contribution in [0.2, 0.25) is 0 Å². The zero-order valence-electron chi connectivity index (χ0n) is 16.7. The SMILES string of the molecule is CC1(C)C(/C=C(\Cl)C(F)(F)F)C1(C(=O)O)C(C#N)c1cccc(Oc2ccccc2)c1. The van der Waals surface area contributed by atoms with Crippen LogP contribution in [0, 0.1) is 28.1 Å². The van der Waals surface area contributed by atoms with Crippen molar-refractivity contribution in [3.63, 3.8) is 0 Å². The van der Waals surface area contributed by atoms with Crippen LogP contribution in [0.3, 0.4) is 0 Å². The smallest absolute Gasteiger partial charge is 0.426 e. The molecule has 4 nitrogen and oxygen atoms in total. The second-order valence-electron chi connectivity index (χ2n) is 7.94. The highest BCUT2D eigenvalue weighted by Crippen LogP contribution is 2.75. The Kier molecular flexibility index (Phi) is 5.81. The molecule has 1 saturated carbocycles. The van der Waals surface area contributed by atoms with Crippen molar-refractivity contribution in [2.45, 2.75) is 25.9 Å². The van der Waals surface area contributed by atoms with Crippen LogP contribution in [0.5, 0.6) is 11.5 Å². The zero-order valence-corrected chi connectivity index (χ0v) is 17.4. The van der Waals surface area contributed by atoms with Gasteiger partial charge < -0.3 is 9.84 Å². The predicted molar refractivity (Wildman–Crippen MR) is 109 cm³/mol. The number of halogens is 4. The van der Waals surface area contributed by atoms with Crippen LogP contribution in [-0.4, -0.2) is 17.3 Å². The number of ether oxygens (including phenoxy) is 1. The fraction of sp³-hybridized carbons (Fsp3) is 0.304. The standard InChI is InChI=1S/C23H19ClF3NO3/c1-21(2)18(12-19(24)23(25,26)27)22(21,20(29)30)17(13-28)14-7-6-10-16(11-14)31-15-8-4-3-5-9-15/h3-12,17-18H,1-2H3,(H,29,30)/b19-12-. The number of rotatable bonds is 6. The molecule has 0 heterocycles. The second-order valence-corrected chi connectivity index (χ2v) is 8.34. The first-order valence-corrected chi connectivity index (χ1v) is 9.74. The third kappa shape index (κ3) is 3.88. The molecule has 1 N–H and O–H groups in total. The number of carbonyl (C=O) groups is 1. The molecule has 3 rings (SSSR count). The lowest BCUT2D eigenvalue weighted by Crippen LogP contribution is -2.29. The number of carboxylic acids is 1. The summed E-state index contributed by atoms with van der Waals surface area (Å²) in [6.07, 6.45) is -4.08. The largest absolute Gasteiger partial charge is 0.481 e. The highest BCUT2D eigenvalue weighted by Gasteiger charge is 2.78. The molecule has 3 atom stereocenters. The molecule has 1 aliphatic rings. The topological polar surface area (TPSA) is 70.3 Å². The number of nitrogens with zero attached hydrogens (tertiary/aromatic N) is 1. The Labute approximate surface area is 182 Å². The second kappa shape index (κ2) is 7.93. The van der Waals surface area contributed by atoms with E-state index < -0.39 is 39.8 Å². The average Bonchev–Trinajstić information content (AvgIpc) is 3.18. The number of para-hydroxylation sites is 1. The van der Waals surface area contributed by atoms with Gasteiger partial charge in [-0.2, -0.15) is 18.4 Å². The summed E-state index contributed by atoms with van der Waals surface area (Å²) in [6, 6.07) is 17.2. The number of aliphatic carboxylic acids is 1. The Morgan fingerprint density at radius 3 is 2.35 bits per heavy atom. The van der Waals surface area contributed by atoms with Crippen molar-refractivity contribution in [1.82, 2.24) is 0 Å². The normalized spacial score (nSPS) is 23.5. The molecule has 2 aromatic carbocycles. The summed E-state index contributed by atoms with van der Waals surface area (Å²) in [7, 11) is 0. The van der Waals surface area contributed by atoms with Crippen molar-refractivity contribution in [3.8, 4) is 17.6 Å². The molecule has 0 aliphatic heterocycles. The number of allylic oxidation sites excluding steroid dienone is 2. The van der Waals surface area contributed by atoms with E-state index in [9.17, 15) is 28.3 Å². The summed E-state index contributed by atoms with van der Waals surface area (Å²) in [5, 5.41) is 18.6. The van der Waals surface area contributed by atoms with Crippen LogP contribution in [0.4, 0.5) is 13.2 Å². The number of carboxylic acid groups (broad SMARTS) is 1. The number of hydrogen-bond donors (Lipinski definition) is 1. The number of nitriles is 1. The first-order chi connectivity index (χ1) is 14.5. The van der Waals surface area contributed by atoms with Crippen molar-refractivity contribution in [1.29, 1.82) is 5.26 Å². The third-order valence-electron chi connectivity index (χ3n) is 5.94. The first kappa shape index (κ1) is 22.7. The highest BCUT2D eigenvalue weighted by molar-refractivity contribution is 6.30. The first-order valence-electron chi connectivity index (χ1n) is 9.36. The van der Waals surface area contributed by atoms with E-state index in [1.165, 1.54) is 19.9 Å². The summed E-state index contributed by atoms with van der Waals surface area (Å²) in [5.74, 6) is -2.74. The summed E-state index contributed by atoms with van der Waals surface area (Å²) < 4.78 is 44.7.